The lowest BCUT2D eigenvalue weighted by molar-refractivity contribution is -0.400. The average molecular weight is 368 g/mol. The number of rotatable bonds is 7. The van der Waals surface area contributed by atoms with E-state index in [0.29, 0.717) is 22.9 Å². The monoisotopic (exact) mass is 368 g/mol. The molecule has 140 valence electrons. The van der Waals surface area contributed by atoms with E-state index in [9.17, 15) is 14.9 Å². The second-order valence-electron chi connectivity index (χ2n) is 6.38. The van der Waals surface area contributed by atoms with Crippen LogP contribution in [-0.4, -0.2) is 43.0 Å². The van der Waals surface area contributed by atoms with Gasteiger partial charge in [-0.15, -0.1) is 0 Å². The molecule has 1 aromatic heterocycles. The summed E-state index contributed by atoms with van der Waals surface area (Å²) in [6.45, 7) is 1.06. The lowest BCUT2D eigenvalue weighted by Gasteiger charge is -2.09. The number of para-hydroxylation sites is 1. The molecular formula is C20H20N2O5. The predicted octanol–water partition coefficient (Wildman–Crippen LogP) is 4.12. The molecule has 3 rings (SSSR count). The van der Waals surface area contributed by atoms with Gasteiger partial charge in [0.15, 0.2) is 5.58 Å². The van der Waals surface area contributed by atoms with Crippen LogP contribution in [0.3, 0.4) is 0 Å². The van der Waals surface area contributed by atoms with Gasteiger partial charge in [0.25, 0.3) is 0 Å². The third kappa shape index (κ3) is 3.98. The summed E-state index contributed by atoms with van der Waals surface area (Å²) in [5.74, 6) is -0.938. The molecule has 7 heteroatoms. The van der Waals surface area contributed by atoms with Crippen LogP contribution < -0.4 is 0 Å². The van der Waals surface area contributed by atoms with Crippen molar-refractivity contribution in [3.05, 3.63) is 64.2 Å². The number of nitrogens with zero attached hydrogens (tertiary/aromatic N) is 2. The SMILES string of the molecule is CN(C)CCCOC(=O)c1cccc2c(-c3ccccc3)c([N+](=O)[O-])oc12. The Morgan fingerprint density at radius 2 is 1.89 bits per heavy atom. The van der Waals surface area contributed by atoms with Crippen molar-refractivity contribution in [2.45, 2.75) is 6.42 Å². The molecule has 0 unspecified atom stereocenters. The van der Waals surface area contributed by atoms with Crippen LogP contribution in [0, 0.1) is 10.1 Å². The van der Waals surface area contributed by atoms with E-state index in [-0.39, 0.29) is 23.6 Å². The summed E-state index contributed by atoms with van der Waals surface area (Å²) < 4.78 is 10.8. The molecule has 3 aromatic rings. The van der Waals surface area contributed by atoms with E-state index < -0.39 is 10.9 Å². The zero-order valence-electron chi connectivity index (χ0n) is 15.2. The Morgan fingerprint density at radius 3 is 2.56 bits per heavy atom. The van der Waals surface area contributed by atoms with Crippen LogP contribution >= 0.6 is 0 Å². The number of carbonyl (C=O) groups excluding carboxylic acids is 1. The van der Waals surface area contributed by atoms with Crippen molar-refractivity contribution in [3.63, 3.8) is 0 Å². The number of furan rings is 1. The maximum atomic E-state index is 12.5. The van der Waals surface area contributed by atoms with E-state index >= 15 is 0 Å². The quantitative estimate of drug-likeness (QED) is 0.270. The summed E-state index contributed by atoms with van der Waals surface area (Å²) in [6.07, 6.45) is 0.697. The first kappa shape index (κ1) is 18.6. The standard InChI is InChI=1S/C20H20N2O5/c1-21(2)12-7-13-26-20(23)16-11-6-10-15-17(14-8-4-3-5-9-14)19(22(24)25)27-18(15)16/h3-6,8-11H,7,12-13H2,1-2H3. The minimum Gasteiger partial charge on any atom is -0.462 e. The van der Waals surface area contributed by atoms with Crippen molar-refractivity contribution in [1.82, 2.24) is 4.90 Å². The second kappa shape index (κ2) is 8.01. The second-order valence-corrected chi connectivity index (χ2v) is 6.38. The number of hydrogen-bond donors (Lipinski definition) is 0. The van der Waals surface area contributed by atoms with Gasteiger partial charge in [0.05, 0.1) is 6.61 Å². The number of carbonyl (C=O) groups is 1. The van der Waals surface area contributed by atoms with E-state index in [0.717, 1.165) is 6.54 Å². The molecule has 0 atom stereocenters. The molecule has 0 amide bonds. The van der Waals surface area contributed by atoms with Crippen molar-refractivity contribution in [2.24, 2.45) is 0 Å². The maximum absolute atomic E-state index is 12.5. The highest BCUT2D eigenvalue weighted by Crippen LogP contribution is 2.40. The predicted molar refractivity (Wildman–Crippen MR) is 102 cm³/mol. The molecule has 0 spiro atoms. The van der Waals surface area contributed by atoms with Gasteiger partial charge in [-0.1, -0.05) is 42.5 Å². The maximum Gasteiger partial charge on any atom is 0.442 e. The van der Waals surface area contributed by atoms with Crippen LogP contribution in [-0.2, 0) is 4.74 Å². The molecule has 0 radical (unpaired) electrons. The number of nitro groups is 1. The lowest BCUT2D eigenvalue weighted by atomic mass is 10.0. The van der Waals surface area contributed by atoms with E-state index in [4.69, 9.17) is 9.15 Å². The normalized spacial score (nSPS) is 11.1. The summed E-state index contributed by atoms with van der Waals surface area (Å²) in [4.78, 5) is 25.4. The topological polar surface area (TPSA) is 85.8 Å². The molecule has 0 N–H and O–H groups in total. The van der Waals surface area contributed by atoms with Crippen molar-refractivity contribution < 1.29 is 18.9 Å². The van der Waals surface area contributed by atoms with Gasteiger partial charge in [0.2, 0.25) is 0 Å². The minimum absolute atomic E-state index is 0.167. The van der Waals surface area contributed by atoms with E-state index in [1.165, 1.54) is 0 Å². The fourth-order valence-corrected chi connectivity index (χ4v) is 2.90. The zero-order valence-corrected chi connectivity index (χ0v) is 15.2. The smallest absolute Gasteiger partial charge is 0.442 e. The fourth-order valence-electron chi connectivity index (χ4n) is 2.90. The zero-order chi connectivity index (χ0) is 19.4. The summed E-state index contributed by atoms with van der Waals surface area (Å²) in [5.41, 5.74) is 1.36. The Morgan fingerprint density at radius 1 is 1.15 bits per heavy atom. The Kier molecular flexibility index (Phi) is 5.52. The molecule has 2 aromatic carbocycles. The third-order valence-electron chi connectivity index (χ3n) is 4.13. The van der Waals surface area contributed by atoms with Crippen molar-refractivity contribution in [2.75, 3.05) is 27.2 Å². The number of esters is 1. The molecule has 0 saturated carbocycles. The van der Waals surface area contributed by atoms with Gasteiger partial charge in [-0.2, -0.15) is 0 Å². The average Bonchev–Trinajstić information content (AvgIpc) is 3.05. The highest BCUT2D eigenvalue weighted by Gasteiger charge is 2.28. The summed E-state index contributed by atoms with van der Waals surface area (Å²) in [6, 6.07) is 13.9. The Balaban J connectivity index is 1.99. The molecule has 0 fully saturated rings. The molecule has 0 bridgehead atoms. The van der Waals surface area contributed by atoms with E-state index in [2.05, 4.69) is 0 Å². The van der Waals surface area contributed by atoms with Crippen LogP contribution in [0.2, 0.25) is 0 Å². The summed E-state index contributed by atoms with van der Waals surface area (Å²) >= 11 is 0. The largest absolute Gasteiger partial charge is 0.462 e. The van der Waals surface area contributed by atoms with Gasteiger partial charge in [-0.25, -0.2) is 4.79 Å². The van der Waals surface area contributed by atoms with Crippen LogP contribution in [0.15, 0.2) is 52.9 Å². The van der Waals surface area contributed by atoms with Crippen LogP contribution in [0.5, 0.6) is 0 Å². The van der Waals surface area contributed by atoms with Gasteiger partial charge < -0.3 is 14.1 Å². The Labute approximate surface area is 156 Å². The first-order chi connectivity index (χ1) is 13.0. The summed E-state index contributed by atoms with van der Waals surface area (Å²) in [5, 5.41) is 12.0. The highest BCUT2D eigenvalue weighted by atomic mass is 16.6. The lowest BCUT2D eigenvalue weighted by Crippen LogP contribution is -2.16. The number of fused-ring (bicyclic) bond motifs is 1. The molecule has 0 aliphatic rings. The molecular weight excluding hydrogens is 348 g/mol. The number of benzene rings is 2. The first-order valence-electron chi connectivity index (χ1n) is 8.56. The van der Waals surface area contributed by atoms with E-state index in [1.807, 2.05) is 25.1 Å². The molecule has 0 aliphatic carbocycles. The van der Waals surface area contributed by atoms with Crippen LogP contribution in [0.4, 0.5) is 5.88 Å². The minimum atomic E-state index is -0.575. The molecule has 0 saturated heterocycles. The number of hydrogen-bond acceptors (Lipinski definition) is 6. The van der Waals surface area contributed by atoms with Gasteiger partial charge in [-0.05, 0) is 32.1 Å². The summed E-state index contributed by atoms with van der Waals surface area (Å²) in [7, 11) is 3.88. The molecule has 1 heterocycles. The Bertz CT molecular complexity index is 963. The van der Waals surface area contributed by atoms with Crippen molar-refractivity contribution >= 4 is 22.8 Å². The van der Waals surface area contributed by atoms with Gasteiger partial charge in [0.1, 0.15) is 16.1 Å². The fraction of sp³-hybridized carbons (Fsp3) is 0.250. The molecule has 7 nitrogen and oxygen atoms in total. The molecule has 0 aliphatic heterocycles. The first-order valence-corrected chi connectivity index (χ1v) is 8.56. The van der Waals surface area contributed by atoms with Crippen molar-refractivity contribution in [3.8, 4) is 11.1 Å². The number of ether oxygens (including phenoxy) is 1. The van der Waals surface area contributed by atoms with Crippen molar-refractivity contribution in [1.29, 1.82) is 0 Å². The highest BCUT2D eigenvalue weighted by molar-refractivity contribution is 6.08. The third-order valence-corrected chi connectivity index (χ3v) is 4.13. The van der Waals surface area contributed by atoms with Gasteiger partial charge in [0, 0.05) is 11.9 Å². The van der Waals surface area contributed by atoms with E-state index in [1.54, 1.807) is 42.5 Å². The van der Waals surface area contributed by atoms with Gasteiger partial charge in [-0.3, -0.25) is 10.1 Å². The molecule has 27 heavy (non-hydrogen) atoms. The van der Waals surface area contributed by atoms with Crippen LogP contribution in [0.25, 0.3) is 22.1 Å². The van der Waals surface area contributed by atoms with Gasteiger partial charge >= 0.3 is 11.9 Å². The van der Waals surface area contributed by atoms with Crippen LogP contribution in [0.1, 0.15) is 16.8 Å². The Hall–Kier alpha value is -3.19.